The molecule has 1 aliphatic heterocycles. The third-order valence-corrected chi connectivity index (χ3v) is 4.92. The maximum absolute atomic E-state index is 12.2. The fourth-order valence-corrected chi connectivity index (χ4v) is 3.25. The van der Waals surface area contributed by atoms with E-state index in [0.717, 1.165) is 0 Å². The molecule has 9 nitrogen and oxygen atoms in total. The van der Waals surface area contributed by atoms with Crippen LogP contribution in [0.3, 0.4) is 0 Å². The number of nitrogens with one attached hydrogen (secondary N) is 1. The minimum atomic E-state index is -0.458. The molecule has 0 bridgehead atoms. The summed E-state index contributed by atoms with van der Waals surface area (Å²) in [5, 5.41) is 22.4. The first-order chi connectivity index (χ1) is 14.1. The van der Waals surface area contributed by atoms with Crippen molar-refractivity contribution < 1.29 is 19.2 Å². The molecule has 0 saturated carbocycles. The first kappa shape index (κ1) is 18.7. The summed E-state index contributed by atoms with van der Waals surface area (Å²) in [4.78, 5) is 22.6. The Balaban J connectivity index is 1.35. The first-order valence-corrected chi connectivity index (χ1v) is 9.48. The average Bonchev–Trinajstić information content (AvgIpc) is 3.20. The molecule has 4 rings (SSSR count). The van der Waals surface area contributed by atoms with Gasteiger partial charge in [0.25, 0.3) is 5.69 Å². The number of hydrogen-bond acceptors (Lipinski definition) is 8. The van der Waals surface area contributed by atoms with E-state index in [0.29, 0.717) is 33.5 Å². The molecular weight excluding hydrogens is 396 g/mol. The highest BCUT2D eigenvalue weighted by Crippen LogP contribution is 2.34. The molecule has 146 valence electrons. The van der Waals surface area contributed by atoms with Gasteiger partial charge in [-0.2, -0.15) is 0 Å². The Kier molecular flexibility index (Phi) is 5.25. The molecule has 0 saturated heterocycles. The molecule has 1 amide bonds. The number of rotatable bonds is 6. The van der Waals surface area contributed by atoms with E-state index in [-0.39, 0.29) is 24.1 Å². The monoisotopic (exact) mass is 410 g/mol. The van der Waals surface area contributed by atoms with Gasteiger partial charge in [-0.1, -0.05) is 23.9 Å². The van der Waals surface area contributed by atoms with Gasteiger partial charge in [0.2, 0.25) is 12.7 Å². The van der Waals surface area contributed by atoms with Gasteiger partial charge in [-0.05, 0) is 24.3 Å². The molecule has 0 fully saturated rings. The Labute approximate surface area is 169 Å². The van der Waals surface area contributed by atoms with Crippen LogP contribution in [0.25, 0.3) is 11.3 Å². The second-order valence-corrected chi connectivity index (χ2v) is 6.96. The van der Waals surface area contributed by atoms with Crippen LogP contribution in [0.1, 0.15) is 0 Å². The van der Waals surface area contributed by atoms with Crippen molar-refractivity contribution in [2.45, 2.75) is 5.03 Å². The van der Waals surface area contributed by atoms with Crippen LogP contribution >= 0.6 is 11.8 Å². The number of nitrogens with zero attached hydrogens (tertiary/aromatic N) is 3. The Morgan fingerprint density at radius 2 is 1.97 bits per heavy atom. The highest BCUT2D eigenvalue weighted by Gasteiger charge is 2.14. The lowest BCUT2D eigenvalue weighted by Gasteiger charge is -2.06. The molecule has 1 aliphatic rings. The van der Waals surface area contributed by atoms with Crippen molar-refractivity contribution in [2.75, 3.05) is 17.9 Å². The lowest BCUT2D eigenvalue weighted by molar-refractivity contribution is -0.384. The number of hydrogen-bond donors (Lipinski definition) is 1. The first-order valence-electron chi connectivity index (χ1n) is 8.49. The topological polar surface area (TPSA) is 116 Å². The fraction of sp³-hybridized carbons (Fsp3) is 0.105. The number of aromatic nitrogens is 2. The minimum Gasteiger partial charge on any atom is -0.454 e. The van der Waals surface area contributed by atoms with Crippen LogP contribution in [0.2, 0.25) is 0 Å². The van der Waals surface area contributed by atoms with E-state index in [2.05, 4.69) is 15.5 Å². The highest BCUT2D eigenvalue weighted by atomic mass is 32.2. The van der Waals surface area contributed by atoms with Crippen molar-refractivity contribution in [2.24, 2.45) is 0 Å². The van der Waals surface area contributed by atoms with Gasteiger partial charge in [-0.3, -0.25) is 14.9 Å². The number of fused-ring (bicyclic) bond motifs is 1. The summed E-state index contributed by atoms with van der Waals surface area (Å²) in [6.07, 6.45) is 0. The molecule has 0 aliphatic carbocycles. The van der Waals surface area contributed by atoms with Crippen LogP contribution in [-0.2, 0) is 4.79 Å². The third-order valence-electron chi connectivity index (χ3n) is 4.00. The van der Waals surface area contributed by atoms with Gasteiger partial charge < -0.3 is 14.8 Å². The predicted molar refractivity (Wildman–Crippen MR) is 106 cm³/mol. The van der Waals surface area contributed by atoms with Crippen LogP contribution in [0, 0.1) is 10.1 Å². The number of nitro benzene ring substituents is 1. The summed E-state index contributed by atoms with van der Waals surface area (Å²) in [7, 11) is 0. The summed E-state index contributed by atoms with van der Waals surface area (Å²) in [5.74, 6) is 1.20. The zero-order valence-corrected chi connectivity index (χ0v) is 15.7. The van der Waals surface area contributed by atoms with Gasteiger partial charge in [0.1, 0.15) is 5.03 Å². The Morgan fingerprint density at radius 1 is 1.10 bits per heavy atom. The third kappa shape index (κ3) is 4.43. The molecule has 2 heterocycles. The number of benzene rings is 2. The van der Waals surface area contributed by atoms with E-state index < -0.39 is 4.92 Å². The molecular formula is C19H14N4O5S. The Morgan fingerprint density at radius 3 is 2.76 bits per heavy atom. The number of thioether (sulfide) groups is 1. The van der Waals surface area contributed by atoms with Crippen molar-refractivity contribution in [1.82, 2.24) is 10.2 Å². The maximum Gasteiger partial charge on any atom is 0.270 e. The van der Waals surface area contributed by atoms with Crippen LogP contribution in [0.5, 0.6) is 11.5 Å². The predicted octanol–water partition coefficient (Wildman–Crippen LogP) is 3.51. The quantitative estimate of drug-likeness (QED) is 0.373. The van der Waals surface area contributed by atoms with Gasteiger partial charge in [-0.15, -0.1) is 10.2 Å². The largest absolute Gasteiger partial charge is 0.454 e. The van der Waals surface area contributed by atoms with Gasteiger partial charge in [0.15, 0.2) is 11.5 Å². The smallest absolute Gasteiger partial charge is 0.270 e. The number of carbonyl (C=O) groups excluding carboxylic acids is 1. The van der Waals surface area contributed by atoms with Crippen molar-refractivity contribution in [3.63, 3.8) is 0 Å². The normalized spacial score (nSPS) is 11.9. The number of non-ortho nitro benzene ring substituents is 1. The number of nitro groups is 1. The Hall–Kier alpha value is -3.66. The van der Waals surface area contributed by atoms with E-state index in [1.807, 2.05) is 0 Å². The summed E-state index contributed by atoms with van der Waals surface area (Å²) in [5.41, 5.74) is 1.72. The van der Waals surface area contributed by atoms with Crippen molar-refractivity contribution in [1.29, 1.82) is 0 Å². The van der Waals surface area contributed by atoms with Crippen molar-refractivity contribution in [3.05, 3.63) is 64.7 Å². The highest BCUT2D eigenvalue weighted by molar-refractivity contribution is 7.99. The second-order valence-electron chi connectivity index (χ2n) is 5.97. The molecule has 0 radical (unpaired) electrons. The van der Waals surface area contributed by atoms with Crippen molar-refractivity contribution in [3.8, 4) is 22.8 Å². The van der Waals surface area contributed by atoms with Crippen LogP contribution < -0.4 is 14.8 Å². The van der Waals surface area contributed by atoms with Gasteiger partial charge in [-0.25, -0.2) is 0 Å². The van der Waals surface area contributed by atoms with Crippen LogP contribution in [-0.4, -0.2) is 33.6 Å². The minimum absolute atomic E-state index is 0.0112. The van der Waals surface area contributed by atoms with Crippen molar-refractivity contribution >= 4 is 29.0 Å². The second kappa shape index (κ2) is 8.15. The average molecular weight is 410 g/mol. The summed E-state index contributed by atoms with van der Waals surface area (Å²) < 4.78 is 10.5. The SMILES string of the molecule is O=C(CSc1ccc(-c2cccc([N+](=O)[O-])c2)nn1)Nc1ccc2c(c1)OCO2. The zero-order chi connectivity index (χ0) is 20.2. The lowest BCUT2D eigenvalue weighted by Crippen LogP contribution is -2.14. The molecule has 10 heteroatoms. The summed E-state index contributed by atoms with van der Waals surface area (Å²) >= 11 is 1.24. The van der Waals surface area contributed by atoms with E-state index in [1.165, 1.54) is 23.9 Å². The van der Waals surface area contributed by atoms with Gasteiger partial charge >= 0.3 is 0 Å². The molecule has 1 aromatic heterocycles. The number of carbonyl (C=O) groups is 1. The van der Waals surface area contributed by atoms with E-state index in [9.17, 15) is 14.9 Å². The number of ether oxygens (including phenoxy) is 2. The standard InChI is InChI=1S/C19H14N4O5S/c24-18(20-13-4-6-16-17(9-13)28-11-27-16)10-29-19-7-5-15(21-22-19)12-2-1-3-14(8-12)23(25)26/h1-9H,10-11H2,(H,20,24). The summed E-state index contributed by atoms with van der Waals surface area (Å²) in [6.45, 7) is 0.174. The maximum atomic E-state index is 12.2. The lowest BCUT2D eigenvalue weighted by atomic mass is 10.1. The molecule has 0 unspecified atom stereocenters. The molecule has 29 heavy (non-hydrogen) atoms. The molecule has 1 N–H and O–H groups in total. The zero-order valence-electron chi connectivity index (χ0n) is 14.9. The Bertz CT molecular complexity index is 1070. The fourth-order valence-electron chi connectivity index (χ4n) is 2.64. The van der Waals surface area contributed by atoms with E-state index in [4.69, 9.17) is 9.47 Å². The van der Waals surface area contributed by atoms with E-state index >= 15 is 0 Å². The molecule has 0 spiro atoms. The molecule has 0 atom stereocenters. The van der Waals surface area contributed by atoms with Crippen LogP contribution in [0.4, 0.5) is 11.4 Å². The number of amides is 1. The van der Waals surface area contributed by atoms with Gasteiger partial charge in [0, 0.05) is 29.4 Å². The molecule has 3 aromatic rings. The number of anilines is 1. The summed E-state index contributed by atoms with van der Waals surface area (Å²) in [6, 6.07) is 14.8. The molecule has 2 aromatic carbocycles. The van der Waals surface area contributed by atoms with E-state index in [1.54, 1.807) is 42.5 Å². The van der Waals surface area contributed by atoms with Gasteiger partial charge in [0.05, 0.1) is 16.4 Å². The van der Waals surface area contributed by atoms with Crippen LogP contribution in [0.15, 0.2) is 59.6 Å².